The Morgan fingerprint density at radius 3 is 2.56 bits per heavy atom. The van der Waals surface area contributed by atoms with Crippen LogP contribution in [-0.2, 0) is 16.0 Å². The van der Waals surface area contributed by atoms with Gasteiger partial charge in [-0.1, -0.05) is 41.9 Å². The fourth-order valence-electron chi connectivity index (χ4n) is 3.16. The normalized spacial score (nSPS) is 14.3. The molecule has 0 unspecified atom stereocenters. The Bertz CT molecular complexity index is 1190. The van der Waals surface area contributed by atoms with Crippen LogP contribution in [0.25, 0.3) is 6.08 Å². The molecule has 0 bridgehead atoms. The van der Waals surface area contributed by atoms with Crippen molar-refractivity contribution in [1.29, 1.82) is 0 Å². The molecule has 5 nitrogen and oxygen atoms in total. The molecule has 0 aromatic heterocycles. The summed E-state index contributed by atoms with van der Waals surface area (Å²) in [6.07, 6.45) is 2.36. The first kappa shape index (κ1) is 22.4. The number of hydrogen-bond acceptors (Lipinski definition) is 5. The first-order valence-electron chi connectivity index (χ1n) is 9.86. The second-order valence-electron chi connectivity index (χ2n) is 6.96. The van der Waals surface area contributed by atoms with E-state index in [1.807, 2.05) is 54.6 Å². The Hall–Kier alpha value is -2.84. The number of nitrogens with zero attached hydrogens (tertiary/aromatic N) is 1. The van der Waals surface area contributed by atoms with Crippen molar-refractivity contribution in [3.05, 3.63) is 97.7 Å². The van der Waals surface area contributed by atoms with Crippen LogP contribution in [0.5, 0.6) is 11.5 Å². The van der Waals surface area contributed by atoms with Crippen LogP contribution < -0.4 is 9.47 Å². The molecule has 0 spiro atoms. The minimum atomic E-state index is -0.517. The van der Waals surface area contributed by atoms with Crippen LogP contribution in [0.1, 0.15) is 16.7 Å². The van der Waals surface area contributed by atoms with Crippen LogP contribution in [0.15, 0.2) is 77.4 Å². The molecule has 0 amide bonds. The molecule has 0 saturated carbocycles. The summed E-state index contributed by atoms with van der Waals surface area (Å²) in [7, 11) is 1.55. The monoisotopic (exact) mass is 559 g/mol. The zero-order valence-corrected chi connectivity index (χ0v) is 20.1. The van der Waals surface area contributed by atoms with E-state index < -0.39 is 5.97 Å². The summed E-state index contributed by atoms with van der Waals surface area (Å²) in [4.78, 5) is 16.7. The third kappa shape index (κ3) is 5.31. The smallest absolute Gasteiger partial charge is 0.363 e. The standard InChI is InChI=1S/C25H19ClINO4/c1-30-22-15-17(13-20(26)23(22)31-12-11-16-5-3-2-4-6-16)14-21-25(29)32-24(28-21)18-7-9-19(27)10-8-18/h2-10,13-15H,11-12H2,1H3/b21-14-. The Balaban J connectivity index is 1.53. The lowest BCUT2D eigenvalue weighted by Gasteiger charge is -2.13. The molecule has 1 aliphatic heterocycles. The fraction of sp³-hybridized carbons (Fsp3) is 0.120. The van der Waals surface area contributed by atoms with E-state index in [9.17, 15) is 4.79 Å². The van der Waals surface area contributed by atoms with E-state index in [0.717, 1.165) is 15.6 Å². The summed E-state index contributed by atoms with van der Waals surface area (Å²) in [6, 6.07) is 21.1. The van der Waals surface area contributed by atoms with Gasteiger partial charge in [0.25, 0.3) is 0 Å². The minimum absolute atomic E-state index is 0.189. The third-order valence-corrected chi connectivity index (χ3v) is 5.75. The number of methoxy groups -OCH3 is 1. The van der Waals surface area contributed by atoms with Crippen LogP contribution in [0, 0.1) is 3.57 Å². The lowest BCUT2D eigenvalue weighted by Crippen LogP contribution is -2.05. The minimum Gasteiger partial charge on any atom is -0.493 e. The van der Waals surface area contributed by atoms with E-state index in [4.69, 9.17) is 25.8 Å². The maximum Gasteiger partial charge on any atom is 0.363 e. The van der Waals surface area contributed by atoms with Crippen molar-refractivity contribution in [2.24, 2.45) is 4.99 Å². The van der Waals surface area contributed by atoms with E-state index in [1.54, 1.807) is 25.3 Å². The van der Waals surface area contributed by atoms with Gasteiger partial charge in [0.05, 0.1) is 18.7 Å². The largest absolute Gasteiger partial charge is 0.493 e. The maximum atomic E-state index is 12.3. The van der Waals surface area contributed by atoms with Gasteiger partial charge >= 0.3 is 5.97 Å². The van der Waals surface area contributed by atoms with Gasteiger partial charge in [-0.2, -0.15) is 0 Å². The topological polar surface area (TPSA) is 57.1 Å². The van der Waals surface area contributed by atoms with Gasteiger partial charge in [-0.15, -0.1) is 0 Å². The Morgan fingerprint density at radius 1 is 1.09 bits per heavy atom. The average molecular weight is 560 g/mol. The predicted octanol–water partition coefficient (Wildman–Crippen LogP) is 5.92. The zero-order valence-electron chi connectivity index (χ0n) is 17.2. The average Bonchev–Trinajstić information content (AvgIpc) is 3.16. The molecule has 3 aromatic carbocycles. The summed E-state index contributed by atoms with van der Waals surface area (Å²) < 4.78 is 17.8. The number of esters is 1. The van der Waals surface area contributed by atoms with Crippen molar-refractivity contribution >= 4 is 52.1 Å². The third-order valence-electron chi connectivity index (χ3n) is 4.75. The van der Waals surface area contributed by atoms with Crippen LogP contribution in [0.2, 0.25) is 5.02 Å². The Kier molecular flexibility index (Phi) is 7.12. The number of halogens is 2. The van der Waals surface area contributed by atoms with E-state index in [2.05, 4.69) is 27.6 Å². The molecule has 3 aromatic rings. The molecule has 0 aliphatic carbocycles. The van der Waals surface area contributed by atoms with Crippen LogP contribution in [0.4, 0.5) is 0 Å². The van der Waals surface area contributed by atoms with Gasteiger partial charge in [0.2, 0.25) is 5.90 Å². The van der Waals surface area contributed by atoms with Crippen molar-refractivity contribution in [1.82, 2.24) is 0 Å². The SMILES string of the molecule is COc1cc(/C=C2\N=C(c3ccc(I)cc3)OC2=O)cc(Cl)c1OCCc1ccccc1. The molecule has 7 heteroatoms. The zero-order chi connectivity index (χ0) is 22.5. The highest BCUT2D eigenvalue weighted by Gasteiger charge is 2.24. The molecule has 0 saturated heterocycles. The molecule has 1 heterocycles. The van der Waals surface area contributed by atoms with Gasteiger partial charge in [-0.05, 0) is 76.2 Å². The number of aliphatic imine (C=N–C) groups is 1. The molecule has 32 heavy (non-hydrogen) atoms. The molecule has 0 radical (unpaired) electrons. The fourth-order valence-corrected chi connectivity index (χ4v) is 3.80. The summed E-state index contributed by atoms with van der Waals surface area (Å²) in [5.41, 5.74) is 2.75. The van der Waals surface area contributed by atoms with E-state index in [0.29, 0.717) is 28.7 Å². The summed E-state index contributed by atoms with van der Waals surface area (Å²) in [5, 5.41) is 0.387. The number of hydrogen-bond donors (Lipinski definition) is 0. The quantitative estimate of drug-likeness (QED) is 0.205. The number of ether oxygens (including phenoxy) is 3. The predicted molar refractivity (Wildman–Crippen MR) is 133 cm³/mol. The lowest BCUT2D eigenvalue weighted by molar-refractivity contribution is -0.129. The molecular formula is C25H19ClINO4. The number of carbonyl (C=O) groups is 1. The molecule has 0 atom stereocenters. The number of cyclic esters (lactones) is 1. The first-order chi connectivity index (χ1) is 15.5. The van der Waals surface area contributed by atoms with Gasteiger partial charge in [-0.25, -0.2) is 9.79 Å². The van der Waals surface area contributed by atoms with Crippen molar-refractivity contribution in [2.45, 2.75) is 6.42 Å². The number of rotatable bonds is 7. The van der Waals surface area contributed by atoms with Crippen LogP contribution >= 0.6 is 34.2 Å². The summed E-state index contributed by atoms with van der Waals surface area (Å²) in [5.74, 6) is 0.698. The first-order valence-corrected chi connectivity index (χ1v) is 11.3. The highest BCUT2D eigenvalue weighted by atomic mass is 127. The molecule has 0 fully saturated rings. The Morgan fingerprint density at radius 2 is 1.84 bits per heavy atom. The van der Waals surface area contributed by atoms with E-state index >= 15 is 0 Å². The van der Waals surface area contributed by atoms with Gasteiger partial charge < -0.3 is 14.2 Å². The summed E-state index contributed by atoms with van der Waals surface area (Å²) in [6.45, 7) is 0.455. The Labute approximate surface area is 204 Å². The summed E-state index contributed by atoms with van der Waals surface area (Å²) >= 11 is 8.68. The highest BCUT2D eigenvalue weighted by Crippen LogP contribution is 2.37. The van der Waals surface area contributed by atoms with Gasteiger partial charge in [0.1, 0.15) is 0 Å². The van der Waals surface area contributed by atoms with Crippen LogP contribution in [-0.4, -0.2) is 25.6 Å². The van der Waals surface area contributed by atoms with Gasteiger partial charge in [-0.3, -0.25) is 0 Å². The molecular weight excluding hydrogens is 541 g/mol. The molecule has 1 aliphatic rings. The van der Waals surface area contributed by atoms with Crippen molar-refractivity contribution in [3.63, 3.8) is 0 Å². The van der Waals surface area contributed by atoms with Crippen molar-refractivity contribution < 1.29 is 19.0 Å². The van der Waals surface area contributed by atoms with Crippen molar-refractivity contribution in [3.8, 4) is 11.5 Å². The second kappa shape index (κ2) is 10.2. The van der Waals surface area contributed by atoms with E-state index in [-0.39, 0.29) is 11.6 Å². The number of benzene rings is 3. The van der Waals surface area contributed by atoms with Crippen molar-refractivity contribution in [2.75, 3.05) is 13.7 Å². The molecule has 4 rings (SSSR count). The van der Waals surface area contributed by atoms with Gasteiger partial charge in [0.15, 0.2) is 17.2 Å². The second-order valence-corrected chi connectivity index (χ2v) is 8.61. The number of carbonyl (C=O) groups excluding carboxylic acids is 1. The van der Waals surface area contributed by atoms with Gasteiger partial charge in [0, 0.05) is 15.6 Å². The maximum absolute atomic E-state index is 12.3. The van der Waals surface area contributed by atoms with Crippen LogP contribution in [0.3, 0.4) is 0 Å². The lowest BCUT2D eigenvalue weighted by atomic mass is 10.1. The molecule has 162 valence electrons. The highest BCUT2D eigenvalue weighted by molar-refractivity contribution is 14.1. The molecule has 0 N–H and O–H groups in total. The van der Waals surface area contributed by atoms with E-state index in [1.165, 1.54) is 5.56 Å².